The summed E-state index contributed by atoms with van der Waals surface area (Å²) in [5.41, 5.74) is 2.44. The van der Waals surface area contributed by atoms with Crippen LogP contribution in [0.2, 0.25) is 5.02 Å². The van der Waals surface area contributed by atoms with Crippen molar-refractivity contribution in [1.29, 1.82) is 0 Å². The molecule has 1 aliphatic heterocycles. The second-order valence-electron chi connectivity index (χ2n) is 6.75. The highest BCUT2D eigenvalue weighted by Gasteiger charge is 2.26. The fourth-order valence-corrected chi connectivity index (χ4v) is 4.23. The molecule has 3 rings (SSSR count). The summed E-state index contributed by atoms with van der Waals surface area (Å²) in [5.74, 6) is 0.119. The Morgan fingerprint density at radius 1 is 1.27 bits per heavy atom. The van der Waals surface area contributed by atoms with E-state index in [4.69, 9.17) is 11.6 Å². The molecule has 1 fully saturated rings. The van der Waals surface area contributed by atoms with Crippen LogP contribution in [0.15, 0.2) is 35.7 Å². The lowest BCUT2D eigenvalue weighted by molar-refractivity contribution is -0.125. The van der Waals surface area contributed by atoms with Gasteiger partial charge in [-0.15, -0.1) is 11.3 Å². The van der Waals surface area contributed by atoms with Crippen LogP contribution in [0.25, 0.3) is 0 Å². The molecule has 1 aromatic carbocycles. The highest BCUT2D eigenvalue weighted by molar-refractivity contribution is 7.09. The lowest BCUT2D eigenvalue weighted by Gasteiger charge is -2.39. The number of rotatable bonds is 6. The first-order valence-electron chi connectivity index (χ1n) is 9.10. The van der Waals surface area contributed by atoms with Crippen LogP contribution in [0, 0.1) is 6.92 Å². The molecule has 2 aromatic rings. The largest absolute Gasteiger partial charge is 0.369 e. The van der Waals surface area contributed by atoms with Crippen molar-refractivity contribution in [2.75, 3.05) is 37.6 Å². The van der Waals surface area contributed by atoms with Crippen LogP contribution in [0.3, 0.4) is 0 Å². The molecule has 0 bridgehead atoms. The number of piperazine rings is 1. The summed E-state index contributed by atoms with van der Waals surface area (Å²) in [5, 5.41) is 5.91. The molecule has 0 unspecified atom stereocenters. The summed E-state index contributed by atoms with van der Waals surface area (Å²) < 4.78 is 0. The molecule has 1 aliphatic rings. The number of halogens is 1. The molecular formula is C20H26ClN3OS. The van der Waals surface area contributed by atoms with Gasteiger partial charge in [0.25, 0.3) is 0 Å². The average molecular weight is 392 g/mol. The van der Waals surface area contributed by atoms with Crippen molar-refractivity contribution < 1.29 is 4.79 Å². The van der Waals surface area contributed by atoms with E-state index in [1.807, 2.05) is 25.1 Å². The summed E-state index contributed by atoms with van der Waals surface area (Å²) in [7, 11) is 0. The molecule has 1 amide bonds. The Morgan fingerprint density at radius 3 is 2.73 bits per heavy atom. The van der Waals surface area contributed by atoms with E-state index >= 15 is 0 Å². The second kappa shape index (κ2) is 8.89. The summed E-state index contributed by atoms with van der Waals surface area (Å²) in [4.78, 5) is 18.4. The predicted octanol–water partition coefficient (Wildman–Crippen LogP) is 3.58. The van der Waals surface area contributed by atoms with Gasteiger partial charge in [0.15, 0.2) is 0 Å². The van der Waals surface area contributed by atoms with Crippen LogP contribution in [0.5, 0.6) is 0 Å². The van der Waals surface area contributed by atoms with E-state index in [2.05, 4.69) is 39.6 Å². The third-order valence-electron chi connectivity index (χ3n) is 5.00. The minimum atomic E-state index is -0.0963. The monoisotopic (exact) mass is 391 g/mol. The molecule has 1 aromatic heterocycles. The highest BCUT2D eigenvalue weighted by atomic mass is 35.5. The minimum absolute atomic E-state index is 0.0963. The van der Waals surface area contributed by atoms with Crippen molar-refractivity contribution in [1.82, 2.24) is 10.2 Å². The number of benzene rings is 1. The van der Waals surface area contributed by atoms with Gasteiger partial charge >= 0.3 is 0 Å². The van der Waals surface area contributed by atoms with Crippen LogP contribution >= 0.6 is 22.9 Å². The number of nitrogens with one attached hydrogen (secondary N) is 1. The number of hydrogen-bond acceptors (Lipinski definition) is 4. The van der Waals surface area contributed by atoms with Crippen LogP contribution in [0.1, 0.15) is 17.4 Å². The third-order valence-corrected chi connectivity index (χ3v) is 6.18. The fraction of sp³-hybridized carbons (Fsp3) is 0.450. The first-order chi connectivity index (χ1) is 12.5. The maximum atomic E-state index is 12.4. The van der Waals surface area contributed by atoms with E-state index in [-0.39, 0.29) is 11.9 Å². The predicted molar refractivity (Wildman–Crippen MR) is 110 cm³/mol. The molecule has 0 saturated carbocycles. The topological polar surface area (TPSA) is 35.6 Å². The molecule has 2 heterocycles. The zero-order valence-electron chi connectivity index (χ0n) is 15.4. The lowest BCUT2D eigenvalue weighted by Crippen LogP contribution is -2.54. The van der Waals surface area contributed by atoms with Crippen LogP contribution in [-0.2, 0) is 11.2 Å². The first-order valence-corrected chi connectivity index (χ1v) is 10.4. The number of anilines is 1. The maximum Gasteiger partial charge on any atom is 0.237 e. The van der Waals surface area contributed by atoms with E-state index in [9.17, 15) is 4.79 Å². The van der Waals surface area contributed by atoms with E-state index in [0.29, 0.717) is 6.54 Å². The second-order valence-corrected chi connectivity index (χ2v) is 8.22. The van der Waals surface area contributed by atoms with Gasteiger partial charge < -0.3 is 10.2 Å². The van der Waals surface area contributed by atoms with Crippen molar-refractivity contribution >= 4 is 34.5 Å². The molecule has 1 N–H and O–H groups in total. The zero-order valence-corrected chi connectivity index (χ0v) is 16.9. The number of carbonyl (C=O) groups excluding carboxylic acids is 1. The van der Waals surface area contributed by atoms with Crippen molar-refractivity contribution in [3.63, 3.8) is 0 Å². The SMILES string of the molecule is Cc1ccc(Cl)cc1N1CCN([C@H](C)C(=O)NCCc2cccs2)CC1. The Morgan fingerprint density at radius 2 is 2.04 bits per heavy atom. The average Bonchev–Trinajstić information content (AvgIpc) is 3.16. The van der Waals surface area contributed by atoms with E-state index in [1.54, 1.807) is 11.3 Å². The number of hydrogen-bond donors (Lipinski definition) is 1. The van der Waals surface area contributed by atoms with E-state index in [1.165, 1.54) is 16.1 Å². The fourth-order valence-electron chi connectivity index (χ4n) is 3.35. The molecule has 6 heteroatoms. The van der Waals surface area contributed by atoms with Gasteiger partial charge in [-0.1, -0.05) is 23.7 Å². The summed E-state index contributed by atoms with van der Waals surface area (Å²) >= 11 is 7.89. The standard InChI is InChI=1S/C20H26ClN3OS/c1-15-5-6-17(21)14-19(15)24-11-9-23(10-12-24)16(2)20(25)22-8-7-18-4-3-13-26-18/h3-6,13-14,16H,7-12H2,1-2H3,(H,22,25)/t16-/m1/s1. The number of thiophene rings is 1. The Bertz CT molecular complexity index is 727. The van der Waals surface area contributed by atoms with Crippen LogP contribution < -0.4 is 10.2 Å². The van der Waals surface area contributed by atoms with Crippen LogP contribution in [-0.4, -0.2) is 49.6 Å². The zero-order chi connectivity index (χ0) is 18.5. The van der Waals surface area contributed by atoms with Crippen molar-refractivity contribution in [3.8, 4) is 0 Å². The summed E-state index contributed by atoms with van der Waals surface area (Å²) in [6, 6.07) is 10.1. The molecule has 0 radical (unpaired) electrons. The summed E-state index contributed by atoms with van der Waals surface area (Å²) in [6.45, 7) is 8.40. The van der Waals surface area contributed by atoms with Crippen molar-refractivity contribution in [3.05, 3.63) is 51.2 Å². The van der Waals surface area contributed by atoms with Gasteiger partial charge in [0, 0.05) is 48.3 Å². The Labute approximate surface area is 164 Å². The van der Waals surface area contributed by atoms with Gasteiger partial charge in [-0.05, 0) is 49.4 Å². The summed E-state index contributed by atoms with van der Waals surface area (Å²) in [6.07, 6.45) is 0.901. The molecular weight excluding hydrogens is 366 g/mol. The van der Waals surface area contributed by atoms with Crippen molar-refractivity contribution in [2.24, 2.45) is 0 Å². The number of amides is 1. The normalized spacial score (nSPS) is 16.5. The quantitative estimate of drug-likeness (QED) is 0.817. The van der Waals surface area contributed by atoms with Crippen molar-refractivity contribution in [2.45, 2.75) is 26.3 Å². The molecule has 0 spiro atoms. The Kier molecular flexibility index (Phi) is 6.57. The molecule has 0 aliphatic carbocycles. The third kappa shape index (κ3) is 4.78. The van der Waals surface area contributed by atoms with Gasteiger partial charge in [0.1, 0.15) is 0 Å². The lowest BCUT2D eigenvalue weighted by atomic mass is 10.1. The van der Waals surface area contributed by atoms with E-state index < -0.39 is 0 Å². The number of nitrogens with zero attached hydrogens (tertiary/aromatic N) is 2. The molecule has 4 nitrogen and oxygen atoms in total. The van der Waals surface area contributed by atoms with Gasteiger partial charge in [0.2, 0.25) is 5.91 Å². The molecule has 140 valence electrons. The smallest absolute Gasteiger partial charge is 0.237 e. The number of carbonyl (C=O) groups is 1. The molecule has 1 saturated heterocycles. The number of aryl methyl sites for hydroxylation is 1. The first kappa shape index (κ1) is 19.2. The van der Waals surface area contributed by atoms with Gasteiger partial charge in [-0.25, -0.2) is 0 Å². The molecule has 26 heavy (non-hydrogen) atoms. The maximum absolute atomic E-state index is 12.4. The minimum Gasteiger partial charge on any atom is -0.369 e. The highest BCUT2D eigenvalue weighted by Crippen LogP contribution is 2.25. The van der Waals surface area contributed by atoms with Gasteiger partial charge in [0.05, 0.1) is 6.04 Å². The Hall–Kier alpha value is -1.56. The van der Waals surface area contributed by atoms with Gasteiger partial charge in [-0.2, -0.15) is 0 Å². The van der Waals surface area contributed by atoms with Gasteiger partial charge in [-0.3, -0.25) is 9.69 Å². The van der Waals surface area contributed by atoms with Crippen LogP contribution in [0.4, 0.5) is 5.69 Å². The van der Waals surface area contributed by atoms with E-state index in [0.717, 1.165) is 37.6 Å². The molecule has 1 atom stereocenters. The Balaban J connectivity index is 1.47.